The van der Waals surface area contributed by atoms with Crippen LogP contribution in [0.5, 0.6) is 0 Å². The molecule has 0 saturated heterocycles. The van der Waals surface area contributed by atoms with E-state index in [9.17, 15) is 4.79 Å². The van der Waals surface area contributed by atoms with Gasteiger partial charge in [-0.05, 0) is 18.2 Å². The molecule has 0 bridgehead atoms. The van der Waals surface area contributed by atoms with Gasteiger partial charge in [0.1, 0.15) is 5.82 Å². The van der Waals surface area contributed by atoms with E-state index >= 15 is 0 Å². The number of carbonyl (C=O) groups excluding carboxylic acids is 1. The number of primary amides is 1. The Morgan fingerprint density at radius 1 is 1.53 bits per heavy atom. The van der Waals surface area contributed by atoms with Gasteiger partial charge < -0.3 is 10.3 Å². The quantitative estimate of drug-likeness (QED) is 0.944. The summed E-state index contributed by atoms with van der Waals surface area (Å²) in [5, 5.41) is 0. The van der Waals surface area contributed by atoms with E-state index in [1.807, 2.05) is 29.8 Å². The van der Waals surface area contributed by atoms with Crippen molar-refractivity contribution in [2.24, 2.45) is 5.73 Å². The number of nitrogens with zero attached hydrogens (tertiary/aromatic N) is 2. The van der Waals surface area contributed by atoms with Crippen LogP contribution in [0.2, 0.25) is 0 Å². The van der Waals surface area contributed by atoms with Gasteiger partial charge >= 0.3 is 0 Å². The smallest absolute Gasteiger partial charge is 0.250 e. The summed E-state index contributed by atoms with van der Waals surface area (Å²) in [6.45, 7) is 2.02. The number of hydrogen-bond donors (Lipinski definition) is 1. The third-order valence-electron chi connectivity index (χ3n) is 2.52. The number of benzene rings is 1. The zero-order chi connectivity index (χ0) is 12.4. The van der Waals surface area contributed by atoms with Crippen LogP contribution in [0.15, 0.2) is 35.1 Å². The van der Waals surface area contributed by atoms with Crippen molar-refractivity contribution in [1.82, 2.24) is 9.55 Å². The van der Waals surface area contributed by atoms with Gasteiger partial charge in [-0.25, -0.2) is 4.98 Å². The number of aryl methyl sites for hydroxylation is 1. The molecule has 5 heteroatoms. The van der Waals surface area contributed by atoms with Crippen molar-refractivity contribution in [3.63, 3.8) is 0 Å². The summed E-state index contributed by atoms with van der Waals surface area (Å²) >= 11 is 3.33. The molecule has 1 amide bonds. The Labute approximate surface area is 108 Å². The lowest BCUT2D eigenvalue weighted by atomic mass is 10.1. The molecule has 0 unspecified atom stereocenters. The van der Waals surface area contributed by atoms with Crippen LogP contribution < -0.4 is 5.73 Å². The van der Waals surface area contributed by atoms with Crippen LogP contribution in [0.1, 0.15) is 23.1 Å². The number of carbonyl (C=O) groups is 1. The number of amides is 1. The van der Waals surface area contributed by atoms with Crippen molar-refractivity contribution in [3.05, 3.63) is 46.5 Å². The molecule has 2 aromatic rings. The number of halogens is 1. The van der Waals surface area contributed by atoms with Crippen LogP contribution in [-0.4, -0.2) is 15.5 Å². The van der Waals surface area contributed by atoms with Crippen molar-refractivity contribution in [2.75, 3.05) is 0 Å². The van der Waals surface area contributed by atoms with Crippen LogP contribution >= 0.6 is 15.9 Å². The summed E-state index contributed by atoms with van der Waals surface area (Å²) in [6.07, 6.45) is 4.33. The maximum Gasteiger partial charge on any atom is 0.250 e. The molecule has 1 aromatic carbocycles. The molecule has 88 valence electrons. The van der Waals surface area contributed by atoms with Crippen molar-refractivity contribution < 1.29 is 4.79 Å². The third-order valence-corrected chi connectivity index (χ3v) is 3.01. The fraction of sp³-hybridized carbons (Fsp3) is 0.167. The Morgan fingerprint density at radius 3 is 2.94 bits per heavy atom. The molecule has 2 rings (SSSR count). The topological polar surface area (TPSA) is 60.9 Å². The second-order valence-electron chi connectivity index (χ2n) is 3.59. The average Bonchev–Trinajstić information content (AvgIpc) is 2.76. The first-order chi connectivity index (χ1) is 8.13. The molecule has 17 heavy (non-hydrogen) atoms. The highest BCUT2D eigenvalue weighted by atomic mass is 79.9. The molecule has 0 spiro atoms. The predicted molar refractivity (Wildman–Crippen MR) is 69.2 cm³/mol. The van der Waals surface area contributed by atoms with Crippen LogP contribution in [0.25, 0.3) is 5.69 Å². The lowest BCUT2D eigenvalue weighted by molar-refractivity contribution is 0.1000. The molecular weight excluding hydrogens is 282 g/mol. The summed E-state index contributed by atoms with van der Waals surface area (Å²) in [7, 11) is 0. The van der Waals surface area contributed by atoms with Gasteiger partial charge in [-0.1, -0.05) is 22.9 Å². The van der Waals surface area contributed by atoms with Gasteiger partial charge in [0.15, 0.2) is 0 Å². The van der Waals surface area contributed by atoms with Crippen molar-refractivity contribution >= 4 is 21.8 Å². The van der Waals surface area contributed by atoms with Crippen molar-refractivity contribution in [3.8, 4) is 5.69 Å². The van der Waals surface area contributed by atoms with E-state index in [0.717, 1.165) is 22.4 Å². The van der Waals surface area contributed by atoms with Crippen LogP contribution in [0, 0.1) is 0 Å². The maximum absolute atomic E-state index is 11.4. The largest absolute Gasteiger partial charge is 0.366 e. The SMILES string of the molecule is CCc1nccn1-c1ccc(Br)cc1C(N)=O. The highest BCUT2D eigenvalue weighted by molar-refractivity contribution is 9.10. The van der Waals surface area contributed by atoms with Gasteiger partial charge in [-0.2, -0.15) is 0 Å². The van der Waals surface area contributed by atoms with E-state index in [2.05, 4.69) is 20.9 Å². The minimum absolute atomic E-state index is 0.447. The number of rotatable bonds is 3. The van der Waals surface area contributed by atoms with Gasteiger partial charge in [-0.3, -0.25) is 4.79 Å². The summed E-state index contributed by atoms with van der Waals surface area (Å²) in [6, 6.07) is 5.45. The van der Waals surface area contributed by atoms with Crippen LogP contribution in [0.3, 0.4) is 0 Å². The van der Waals surface area contributed by atoms with Gasteiger partial charge in [0, 0.05) is 23.3 Å². The van der Waals surface area contributed by atoms with E-state index in [1.54, 1.807) is 12.3 Å². The summed E-state index contributed by atoms with van der Waals surface area (Å²) in [5.74, 6) is 0.451. The minimum atomic E-state index is -0.447. The van der Waals surface area contributed by atoms with Gasteiger partial charge in [-0.15, -0.1) is 0 Å². The van der Waals surface area contributed by atoms with E-state index in [0.29, 0.717) is 5.56 Å². The number of aromatic nitrogens is 2. The second-order valence-corrected chi connectivity index (χ2v) is 4.51. The summed E-state index contributed by atoms with van der Waals surface area (Å²) in [4.78, 5) is 15.7. The normalized spacial score (nSPS) is 10.5. The van der Waals surface area contributed by atoms with Gasteiger partial charge in [0.05, 0.1) is 11.3 Å². The molecule has 1 heterocycles. The fourth-order valence-electron chi connectivity index (χ4n) is 1.73. The molecule has 0 atom stereocenters. The Bertz CT molecular complexity index is 563. The Morgan fingerprint density at radius 2 is 2.29 bits per heavy atom. The molecule has 2 N–H and O–H groups in total. The van der Waals surface area contributed by atoms with E-state index < -0.39 is 5.91 Å². The standard InChI is InChI=1S/C12H12BrN3O/c1-2-11-15-5-6-16(11)10-4-3-8(13)7-9(10)12(14)17/h3-7H,2H2,1H3,(H2,14,17). The minimum Gasteiger partial charge on any atom is -0.366 e. The van der Waals surface area contributed by atoms with Crippen LogP contribution in [-0.2, 0) is 6.42 Å². The van der Waals surface area contributed by atoms with Crippen LogP contribution in [0.4, 0.5) is 0 Å². The lowest BCUT2D eigenvalue weighted by Gasteiger charge is -2.10. The highest BCUT2D eigenvalue weighted by Gasteiger charge is 2.12. The van der Waals surface area contributed by atoms with E-state index in [1.165, 1.54) is 0 Å². The first kappa shape index (κ1) is 11.9. The van der Waals surface area contributed by atoms with Crippen molar-refractivity contribution in [1.29, 1.82) is 0 Å². The molecule has 0 aliphatic rings. The Hall–Kier alpha value is -1.62. The first-order valence-electron chi connectivity index (χ1n) is 5.25. The van der Waals surface area contributed by atoms with E-state index in [4.69, 9.17) is 5.73 Å². The molecule has 4 nitrogen and oxygen atoms in total. The van der Waals surface area contributed by atoms with Crippen molar-refractivity contribution in [2.45, 2.75) is 13.3 Å². The number of nitrogens with two attached hydrogens (primary N) is 1. The molecule has 0 radical (unpaired) electrons. The van der Waals surface area contributed by atoms with Gasteiger partial charge in [0.2, 0.25) is 0 Å². The number of hydrogen-bond acceptors (Lipinski definition) is 2. The zero-order valence-electron chi connectivity index (χ0n) is 9.35. The number of imidazole rings is 1. The molecule has 0 aliphatic heterocycles. The fourth-order valence-corrected chi connectivity index (χ4v) is 2.09. The predicted octanol–water partition coefficient (Wildman–Crippen LogP) is 2.30. The molecule has 1 aromatic heterocycles. The second kappa shape index (κ2) is 4.71. The molecule has 0 fully saturated rings. The molecule has 0 saturated carbocycles. The Kier molecular flexibility index (Phi) is 3.28. The first-order valence-corrected chi connectivity index (χ1v) is 6.04. The van der Waals surface area contributed by atoms with E-state index in [-0.39, 0.29) is 0 Å². The van der Waals surface area contributed by atoms with Gasteiger partial charge in [0.25, 0.3) is 5.91 Å². The monoisotopic (exact) mass is 293 g/mol. The summed E-state index contributed by atoms with van der Waals surface area (Å²) < 4.78 is 2.71. The maximum atomic E-state index is 11.4. The lowest BCUT2D eigenvalue weighted by Crippen LogP contribution is -2.15. The molecule has 0 aliphatic carbocycles. The average molecular weight is 294 g/mol. The zero-order valence-corrected chi connectivity index (χ0v) is 10.9. The third kappa shape index (κ3) is 2.24. The summed E-state index contributed by atoms with van der Waals surface area (Å²) in [5.41, 5.74) is 6.63. The highest BCUT2D eigenvalue weighted by Crippen LogP contribution is 2.21. The Balaban J connectivity index is 2.63. The molecular formula is C12H12BrN3O.